The Hall–Kier alpha value is -9.77. The molecule has 0 aliphatic carbocycles. The molecule has 108 heavy (non-hydrogen) atoms. The number of methoxy groups -OCH3 is 1. The van der Waals surface area contributed by atoms with Crippen molar-refractivity contribution in [3.63, 3.8) is 0 Å². The van der Waals surface area contributed by atoms with Crippen LogP contribution in [0, 0.1) is 41.5 Å². The second-order valence-electron chi connectivity index (χ2n) is 27.8. The van der Waals surface area contributed by atoms with E-state index in [1.807, 2.05) is 139 Å². The maximum Gasteiger partial charge on any atom is 0.409 e. The Kier molecular flexibility index (Phi) is 26.1. The van der Waals surface area contributed by atoms with E-state index in [1.54, 1.807) is 26.0 Å². The maximum absolute atomic E-state index is 12.2. The van der Waals surface area contributed by atoms with Gasteiger partial charge in [-0.3, -0.25) is 0 Å². The molecular formula is C76H100N18O13S. The van der Waals surface area contributed by atoms with Gasteiger partial charge in [0, 0.05) is 119 Å². The van der Waals surface area contributed by atoms with Crippen LogP contribution in [0.15, 0.2) is 105 Å². The second kappa shape index (κ2) is 35.5. The number of aromatic nitrogens is 9. The van der Waals surface area contributed by atoms with E-state index in [4.69, 9.17) is 62.4 Å². The first-order chi connectivity index (χ1) is 51.8. The number of ether oxygens (including phenoxy) is 4. The third-order valence-electron chi connectivity index (χ3n) is 19.5. The van der Waals surface area contributed by atoms with Crippen molar-refractivity contribution in [3.8, 4) is 85.2 Å². The number of fused-ring (bicyclic) bond motifs is 2. The number of nitrogens with one attached hydrogen (secondary N) is 3. The Labute approximate surface area is 630 Å². The van der Waals surface area contributed by atoms with Crippen LogP contribution in [0.1, 0.15) is 54.6 Å². The lowest BCUT2D eigenvalue weighted by molar-refractivity contribution is 0.108. The first-order valence-electron chi connectivity index (χ1n) is 36.2. The number of likely N-dealkylation sites (N-methyl/N-ethyl adjacent to an activating group) is 4. The summed E-state index contributed by atoms with van der Waals surface area (Å²) in [5.41, 5.74) is 9.38. The van der Waals surface area contributed by atoms with E-state index < -0.39 is 28.3 Å². The van der Waals surface area contributed by atoms with E-state index in [9.17, 15) is 28.5 Å². The molecular weight excluding hydrogens is 1410 g/mol. The molecule has 13 rings (SSSR count). The standard InChI is InChI=1S/C26H32N6O5.C25H34N6O5S.C25H34N6O3/c1-15-24(16(2)37-30-15)22-10-23(31-12-19-9-18(31)13-32(19)26(34)35-4)29-25(28-22)17-6-5-7-21(8-17)36-14-20(33)11-27-3;1-16-14-30(9-10-31(16)37(5,33)34)23-12-22(24-17(2)29-36-18(24)3)27-25(28-23)19-7-6-8-21(11-19)35-15-20(32)13-26-4;1-16-14-31(10-9-30(16)5)23-12-22(24-17(2)29-34-18(24)3)27-25(28-23)19-7-6-8-21(11-19)33-15-20(32)13-26-4/h5-8,10,18-20,27,33H,9,11-14H2,1-4H3;6-8,11-12,16,20,26,32H,9-10,13-15H2,1-5H3;6-8,11-12,16,20,26,32H,9-10,13-15H2,1-5H3/t18-,19-,20?;2*16-,20?/m000/s1. The number of benzene rings is 3. The van der Waals surface area contributed by atoms with Gasteiger partial charge in [0.25, 0.3) is 0 Å². The number of anilines is 3. The zero-order valence-electron chi connectivity index (χ0n) is 63.8. The van der Waals surface area contributed by atoms with Crippen molar-refractivity contribution in [1.82, 2.24) is 75.4 Å². The van der Waals surface area contributed by atoms with Crippen LogP contribution < -0.4 is 44.9 Å². The van der Waals surface area contributed by atoms with E-state index >= 15 is 0 Å². The summed E-state index contributed by atoms with van der Waals surface area (Å²) in [6.07, 6.45) is -0.0128. The number of aliphatic hydroxyl groups excluding tert-OH is 3. The van der Waals surface area contributed by atoms with Gasteiger partial charge in [-0.15, -0.1) is 0 Å². The molecule has 10 heterocycles. The Bertz CT molecular complexity index is 4600. The highest BCUT2D eigenvalue weighted by Gasteiger charge is 2.47. The SMILES string of the molecule is CNCC(O)COc1cccc(-c2nc(-c3c(C)noc3C)cc(N3CCN(C)[C@@H](C)C3)n2)c1.CNCC(O)COc1cccc(-c2nc(-c3c(C)noc3C)cc(N3CCN(S(C)(=O)=O)[C@@H](C)C3)n2)c1.CNCC(O)COc1cccc(-c2nc(-c3c(C)noc3C)cc(N3C[C@@H]4C[C@H]3CN4C(=O)OC)n2)c1. The monoisotopic (exact) mass is 1500 g/mol. The summed E-state index contributed by atoms with van der Waals surface area (Å²) in [6.45, 7) is 22.7. The molecule has 7 atom stereocenters. The van der Waals surface area contributed by atoms with Gasteiger partial charge in [-0.05, 0) is 126 Å². The van der Waals surface area contributed by atoms with Gasteiger partial charge in [-0.1, -0.05) is 51.9 Å². The number of amides is 1. The highest BCUT2D eigenvalue weighted by atomic mass is 32.2. The number of sulfonamides is 1. The average Bonchev–Trinajstić information content (AvgIpc) is 1.55. The van der Waals surface area contributed by atoms with Gasteiger partial charge >= 0.3 is 6.09 Å². The van der Waals surface area contributed by atoms with Crippen LogP contribution in [0.3, 0.4) is 0 Å². The predicted molar refractivity (Wildman–Crippen MR) is 410 cm³/mol. The first kappa shape index (κ1) is 79.3. The number of rotatable bonds is 25. The summed E-state index contributed by atoms with van der Waals surface area (Å²) < 4.78 is 64.4. The van der Waals surface area contributed by atoms with Crippen LogP contribution in [-0.4, -0.2) is 265 Å². The number of aliphatic hydroxyl groups is 3. The van der Waals surface area contributed by atoms with Gasteiger partial charge < -0.3 is 88.3 Å². The Morgan fingerprint density at radius 1 is 0.528 bits per heavy atom. The second-order valence-corrected chi connectivity index (χ2v) is 29.8. The Morgan fingerprint density at radius 2 is 0.917 bits per heavy atom. The van der Waals surface area contributed by atoms with Crippen molar-refractivity contribution in [3.05, 3.63) is 125 Å². The molecule has 4 aliphatic rings. The smallest absolute Gasteiger partial charge is 0.409 e. The number of nitrogens with zero attached hydrogens (tertiary/aromatic N) is 15. The normalized spacial score (nSPS) is 18.3. The third-order valence-corrected chi connectivity index (χ3v) is 20.9. The van der Waals surface area contributed by atoms with Crippen LogP contribution in [-0.2, 0) is 14.8 Å². The van der Waals surface area contributed by atoms with Gasteiger partial charge in [0.1, 0.15) is 90.1 Å². The van der Waals surface area contributed by atoms with Crippen LogP contribution in [0.2, 0.25) is 0 Å². The van der Waals surface area contributed by atoms with Crippen molar-refractivity contribution < 1.29 is 61.0 Å². The molecule has 0 radical (unpaired) electrons. The molecule has 1 amide bonds. The van der Waals surface area contributed by atoms with Crippen LogP contribution >= 0.6 is 0 Å². The summed E-state index contributed by atoms with van der Waals surface area (Å²) in [4.78, 5) is 52.3. The van der Waals surface area contributed by atoms with Crippen molar-refractivity contribution in [2.24, 2.45) is 0 Å². The van der Waals surface area contributed by atoms with Gasteiger partial charge in [-0.25, -0.2) is 43.1 Å². The lowest BCUT2D eigenvalue weighted by Crippen LogP contribution is -2.53. The number of hydrogen-bond acceptors (Lipinski definition) is 29. The minimum atomic E-state index is -3.29. The quantitative estimate of drug-likeness (QED) is 0.0344. The number of carbonyl (C=O) groups excluding carboxylic acids is 1. The molecule has 6 aromatic heterocycles. The summed E-state index contributed by atoms with van der Waals surface area (Å²) in [6, 6.07) is 29.0. The zero-order chi connectivity index (χ0) is 77.1. The zero-order valence-corrected chi connectivity index (χ0v) is 64.7. The molecule has 4 aliphatic heterocycles. The summed E-state index contributed by atoms with van der Waals surface area (Å²) >= 11 is 0. The average molecular weight is 1510 g/mol. The van der Waals surface area contributed by atoms with Gasteiger partial charge in [0.05, 0.1) is 76.3 Å². The number of carbonyl (C=O) groups is 1. The summed E-state index contributed by atoms with van der Waals surface area (Å²) in [5.74, 6) is 7.95. The van der Waals surface area contributed by atoms with Crippen molar-refractivity contribution >= 4 is 33.6 Å². The van der Waals surface area contributed by atoms with E-state index in [2.05, 4.69) is 65.0 Å². The van der Waals surface area contributed by atoms with Gasteiger partial charge in [-0.2, -0.15) is 4.31 Å². The molecule has 6 N–H and O–H groups in total. The van der Waals surface area contributed by atoms with Crippen LogP contribution in [0.5, 0.6) is 17.2 Å². The molecule has 0 spiro atoms. The molecule has 9 aromatic rings. The van der Waals surface area contributed by atoms with Crippen molar-refractivity contribution in [1.29, 1.82) is 0 Å². The van der Waals surface area contributed by atoms with E-state index in [-0.39, 0.29) is 44.0 Å². The Balaban J connectivity index is 0.000000161. The van der Waals surface area contributed by atoms with E-state index in [1.165, 1.54) is 17.7 Å². The number of likely N-dealkylation sites (tertiary alicyclic amines) is 1. The van der Waals surface area contributed by atoms with Crippen molar-refractivity contribution in [2.45, 2.75) is 104 Å². The molecule has 578 valence electrons. The fourth-order valence-corrected chi connectivity index (χ4v) is 15.0. The van der Waals surface area contributed by atoms with Gasteiger partial charge in [0.2, 0.25) is 10.0 Å². The minimum Gasteiger partial charge on any atom is -0.491 e. The lowest BCUT2D eigenvalue weighted by Gasteiger charge is -2.39. The number of hydrogen-bond donors (Lipinski definition) is 6. The minimum absolute atomic E-state index is 0.0825. The largest absolute Gasteiger partial charge is 0.491 e. The topological polar surface area (TPSA) is 360 Å². The van der Waals surface area contributed by atoms with E-state index in [0.717, 1.165) is 105 Å². The lowest BCUT2D eigenvalue weighted by atomic mass is 10.1. The van der Waals surface area contributed by atoms with Crippen LogP contribution in [0.25, 0.3) is 67.9 Å². The van der Waals surface area contributed by atoms with Crippen molar-refractivity contribution in [2.75, 3.05) is 148 Å². The molecule has 32 heteroatoms. The molecule has 4 fully saturated rings. The number of piperazine rings is 3. The highest BCUT2D eigenvalue weighted by molar-refractivity contribution is 7.88. The fourth-order valence-electron chi connectivity index (χ4n) is 13.9. The molecule has 3 aromatic carbocycles. The van der Waals surface area contributed by atoms with E-state index in [0.29, 0.717) is 116 Å². The fraction of sp³-hybridized carbons (Fsp3) is 0.474. The van der Waals surface area contributed by atoms with Crippen LogP contribution in [0.4, 0.5) is 22.2 Å². The van der Waals surface area contributed by atoms with Gasteiger partial charge in [0.15, 0.2) is 17.5 Å². The summed E-state index contributed by atoms with van der Waals surface area (Å²) in [7, 11) is 5.63. The molecule has 31 nitrogen and oxygen atoms in total. The molecule has 2 bridgehead atoms. The third kappa shape index (κ3) is 19.2. The predicted octanol–water partition coefficient (Wildman–Crippen LogP) is 6.76. The molecule has 0 saturated carbocycles. The maximum atomic E-state index is 12.2. The Morgan fingerprint density at radius 3 is 1.26 bits per heavy atom. The highest BCUT2D eigenvalue weighted by Crippen LogP contribution is 2.39. The number of aryl methyl sites for hydroxylation is 6. The molecule has 3 unspecified atom stereocenters. The summed E-state index contributed by atoms with van der Waals surface area (Å²) in [5, 5.41) is 51.1. The molecule has 4 saturated heterocycles. The first-order valence-corrected chi connectivity index (χ1v) is 38.1.